The first kappa shape index (κ1) is 13.0. The second-order valence-corrected chi connectivity index (χ2v) is 5.40. The Labute approximate surface area is 108 Å². The molecule has 1 fully saturated rings. The average Bonchev–Trinajstić information content (AvgIpc) is 3.10. The molecule has 0 aromatic heterocycles. The molecule has 0 unspecified atom stereocenters. The van der Waals surface area contributed by atoms with Crippen molar-refractivity contribution in [1.29, 1.82) is 0 Å². The van der Waals surface area contributed by atoms with Crippen molar-refractivity contribution >= 4 is 11.4 Å². The molecule has 0 saturated heterocycles. The molecular formula is C14H22N2O2. The molecule has 100 valence electrons. The second kappa shape index (κ2) is 5.06. The number of nitrogens with two attached hydrogens (primary N) is 1. The fourth-order valence-corrected chi connectivity index (χ4v) is 1.91. The molecule has 0 bridgehead atoms. The van der Waals surface area contributed by atoms with Gasteiger partial charge in [0.25, 0.3) is 0 Å². The van der Waals surface area contributed by atoms with E-state index in [1.165, 1.54) is 0 Å². The van der Waals surface area contributed by atoms with Gasteiger partial charge in [0, 0.05) is 12.0 Å². The molecule has 0 heterocycles. The van der Waals surface area contributed by atoms with Crippen LogP contribution in [0.15, 0.2) is 18.2 Å². The van der Waals surface area contributed by atoms with E-state index in [0.717, 1.165) is 25.1 Å². The monoisotopic (exact) mass is 250 g/mol. The number of anilines is 2. The largest absolute Gasteiger partial charge is 0.489 e. The topological polar surface area (TPSA) is 67.5 Å². The molecule has 0 amide bonds. The molecule has 2 rings (SSSR count). The lowest BCUT2D eigenvalue weighted by molar-refractivity contribution is 0.220. The van der Waals surface area contributed by atoms with Crippen molar-refractivity contribution in [2.75, 3.05) is 24.2 Å². The van der Waals surface area contributed by atoms with E-state index in [4.69, 9.17) is 10.5 Å². The summed E-state index contributed by atoms with van der Waals surface area (Å²) in [5, 5.41) is 12.6. The van der Waals surface area contributed by atoms with Crippen molar-refractivity contribution in [2.45, 2.75) is 32.8 Å². The summed E-state index contributed by atoms with van der Waals surface area (Å²) in [4.78, 5) is 0. The molecule has 4 N–H and O–H groups in total. The number of aliphatic hydroxyl groups excluding tert-OH is 1. The zero-order valence-electron chi connectivity index (χ0n) is 11.1. The Balaban J connectivity index is 2.04. The summed E-state index contributed by atoms with van der Waals surface area (Å²) < 4.78 is 5.65. The second-order valence-electron chi connectivity index (χ2n) is 5.40. The number of hydrogen-bond acceptors (Lipinski definition) is 4. The van der Waals surface area contributed by atoms with Crippen molar-refractivity contribution < 1.29 is 9.84 Å². The van der Waals surface area contributed by atoms with Gasteiger partial charge in [-0.25, -0.2) is 0 Å². The first-order chi connectivity index (χ1) is 8.56. The van der Waals surface area contributed by atoms with E-state index in [-0.39, 0.29) is 18.1 Å². The van der Waals surface area contributed by atoms with Crippen LogP contribution in [-0.4, -0.2) is 24.4 Å². The SMILES string of the molecule is CC(C)Oc1cccc(NCC2(CO)CC2)c1N. The number of nitrogens with one attached hydrogen (secondary N) is 1. The fourth-order valence-electron chi connectivity index (χ4n) is 1.91. The van der Waals surface area contributed by atoms with E-state index >= 15 is 0 Å². The lowest BCUT2D eigenvalue weighted by Crippen LogP contribution is -2.19. The first-order valence-corrected chi connectivity index (χ1v) is 6.46. The van der Waals surface area contributed by atoms with Gasteiger partial charge in [0.05, 0.1) is 24.1 Å². The zero-order chi connectivity index (χ0) is 13.2. The summed E-state index contributed by atoms with van der Waals surface area (Å²) in [7, 11) is 0. The Kier molecular flexibility index (Phi) is 3.66. The number of para-hydroxylation sites is 1. The van der Waals surface area contributed by atoms with Crippen LogP contribution >= 0.6 is 0 Å². The van der Waals surface area contributed by atoms with E-state index in [2.05, 4.69) is 5.32 Å². The molecule has 1 aliphatic carbocycles. The highest BCUT2D eigenvalue weighted by Gasteiger charge is 2.41. The fraction of sp³-hybridized carbons (Fsp3) is 0.571. The van der Waals surface area contributed by atoms with E-state index in [0.29, 0.717) is 11.4 Å². The maximum atomic E-state index is 9.28. The van der Waals surface area contributed by atoms with Crippen LogP contribution in [0.2, 0.25) is 0 Å². The third-order valence-corrected chi connectivity index (χ3v) is 3.38. The molecule has 0 aliphatic heterocycles. The predicted molar refractivity (Wildman–Crippen MR) is 73.9 cm³/mol. The number of ether oxygens (including phenoxy) is 1. The normalized spacial score (nSPS) is 16.7. The minimum absolute atomic E-state index is 0.0708. The van der Waals surface area contributed by atoms with Gasteiger partial charge in [-0.1, -0.05) is 6.07 Å². The van der Waals surface area contributed by atoms with E-state index in [9.17, 15) is 5.11 Å². The van der Waals surface area contributed by atoms with Gasteiger partial charge < -0.3 is 20.9 Å². The van der Waals surface area contributed by atoms with Crippen LogP contribution in [0.1, 0.15) is 26.7 Å². The molecule has 18 heavy (non-hydrogen) atoms. The molecule has 1 aromatic carbocycles. The molecule has 4 nitrogen and oxygen atoms in total. The van der Waals surface area contributed by atoms with Crippen LogP contribution < -0.4 is 15.8 Å². The van der Waals surface area contributed by atoms with Crippen LogP contribution in [0.3, 0.4) is 0 Å². The van der Waals surface area contributed by atoms with Crippen molar-refractivity contribution in [1.82, 2.24) is 0 Å². The first-order valence-electron chi connectivity index (χ1n) is 6.46. The zero-order valence-corrected chi connectivity index (χ0v) is 11.1. The number of rotatable bonds is 6. The Bertz CT molecular complexity index is 414. The van der Waals surface area contributed by atoms with Crippen LogP contribution in [0, 0.1) is 5.41 Å². The van der Waals surface area contributed by atoms with E-state index < -0.39 is 0 Å². The van der Waals surface area contributed by atoms with Crippen LogP contribution in [0.4, 0.5) is 11.4 Å². The molecule has 4 heteroatoms. The summed E-state index contributed by atoms with van der Waals surface area (Å²) in [6.07, 6.45) is 2.27. The van der Waals surface area contributed by atoms with Crippen molar-refractivity contribution in [3.63, 3.8) is 0 Å². The number of hydrogen-bond donors (Lipinski definition) is 3. The van der Waals surface area contributed by atoms with Crippen molar-refractivity contribution in [2.24, 2.45) is 5.41 Å². The molecule has 0 atom stereocenters. The van der Waals surface area contributed by atoms with Gasteiger partial charge in [-0.05, 0) is 38.8 Å². The third-order valence-electron chi connectivity index (χ3n) is 3.38. The maximum Gasteiger partial charge on any atom is 0.144 e. The summed E-state index contributed by atoms with van der Waals surface area (Å²) in [5.74, 6) is 0.712. The summed E-state index contributed by atoms with van der Waals surface area (Å²) in [5.41, 5.74) is 7.66. The minimum atomic E-state index is 0.0708. The molecule has 0 spiro atoms. The summed E-state index contributed by atoms with van der Waals surface area (Å²) in [6, 6.07) is 5.74. The van der Waals surface area contributed by atoms with Gasteiger partial charge in [-0.15, -0.1) is 0 Å². The van der Waals surface area contributed by atoms with Crippen LogP contribution in [0.25, 0.3) is 0 Å². The molecule has 1 saturated carbocycles. The number of nitrogen functional groups attached to an aromatic ring is 1. The smallest absolute Gasteiger partial charge is 0.144 e. The standard InChI is InChI=1S/C14H22N2O2/c1-10(2)18-12-5-3-4-11(13(12)15)16-8-14(9-17)6-7-14/h3-5,10,16-17H,6-9,15H2,1-2H3. The van der Waals surface area contributed by atoms with Crippen molar-refractivity contribution in [3.05, 3.63) is 18.2 Å². The molecule has 1 aromatic rings. The quantitative estimate of drug-likeness (QED) is 0.677. The van der Waals surface area contributed by atoms with Gasteiger partial charge in [0.2, 0.25) is 0 Å². The van der Waals surface area contributed by atoms with Gasteiger partial charge in [-0.3, -0.25) is 0 Å². The molecular weight excluding hydrogens is 228 g/mol. The average molecular weight is 250 g/mol. The van der Waals surface area contributed by atoms with Gasteiger partial charge in [0.1, 0.15) is 5.75 Å². The van der Waals surface area contributed by atoms with Crippen LogP contribution in [0.5, 0.6) is 5.75 Å². The number of aliphatic hydroxyl groups is 1. The lowest BCUT2D eigenvalue weighted by atomic mass is 10.1. The maximum absolute atomic E-state index is 9.28. The Hall–Kier alpha value is -1.42. The highest BCUT2D eigenvalue weighted by atomic mass is 16.5. The number of benzene rings is 1. The van der Waals surface area contributed by atoms with E-state index in [1.807, 2.05) is 32.0 Å². The van der Waals surface area contributed by atoms with Gasteiger partial charge in [-0.2, -0.15) is 0 Å². The summed E-state index contributed by atoms with van der Waals surface area (Å²) >= 11 is 0. The minimum Gasteiger partial charge on any atom is -0.489 e. The van der Waals surface area contributed by atoms with Gasteiger partial charge in [0.15, 0.2) is 0 Å². The lowest BCUT2D eigenvalue weighted by Gasteiger charge is -2.18. The van der Waals surface area contributed by atoms with Crippen molar-refractivity contribution in [3.8, 4) is 5.75 Å². The van der Waals surface area contributed by atoms with Gasteiger partial charge >= 0.3 is 0 Å². The Morgan fingerprint density at radius 3 is 2.72 bits per heavy atom. The highest BCUT2D eigenvalue weighted by molar-refractivity contribution is 5.73. The molecule has 0 radical (unpaired) electrons. The summed E-state index contributed by atoms with van der Waals surface area (Å²) in [6.45, 7) is 4.95. The third kappa shape index (κ3) is 2.88. The molecule has 1 aliphatic rings. The van der Waals surface area contributed by atoms with Crippen LogP contribution in [-0.2, 0) is 0 Å². The predicted octanol–water partition coefficient (Wildman–Crippen LogP) is 2.24. The Morgan fingerprint density at radius 1 is 1.44 bits per heavy atom. The Morgan fingerprint density at radius 2 is 2.17 bits per heavy atom. The highest BCUT2D eigenvalue weighted by Crippen LogP contribution is 2.45. The van der Waals surface area contributed by atoms with E-state index in [1.54, 1.807) is 0 Å².